The first-order valence-corrected chi connectivity index (χ1v) is 11.0. The largest absolute Gasteiger partial charge is 0.355 e. The number of benzene rings is 1. The smallest absolute Gasteiger partial charge is 0.213 e. The van der Waals surface area contributed by atoms with Gasteiger partial charge in [-0.1, -0.05) is 34.5 Å². The van der Waals surface area contributed by atoms with Gasteiger partial charge in [0.1, 0.15) is 0 Å². The third-order valence-corrected chi connectivity index (χ3v) is 6.25. The minimum Gasteiger partial charge on any atom is -0.355 e. The van der Waals surface area contributed by atoms with E-state index in [4.69, 9.17) is 0 Å². The Hall–Kier alpha value is -1.12. The monoisotopic (exact) mass is 430 g/mol. The van der Waals surface area contributed by atoms with Gasteiger partial charge in [0.2, 0.25) is 10.0 Å². The number of sulfonamides is 1. The highest BCUT2D eigenvalue weighted by atomic mass is 79.9. The molecule has 1 saturated carbocycles. The predicted molar refractivity (Wildman–Crippen MR) is 106 cm³/mol. The van der Waals surface area contributed by atoms with E-state index < -0.39 is 10.0 Å². The molecule has 0 amide bonds. The van der Waals surface area contributed by atoms with E-state index in [2.05, 4.69) is 31.0 Å². The quantitative estimate of drug-likeness (QED) is 0.489. The molecule has 0 unspecified atom stereocenters. The molecule has 25 heavy (non-hydrogen) atoms. The summed E-state index contributed by atoms with van der Waals surface area (Å²) in [5.74, 6) is 1.25. The van der Waals surface area contributed by atoms with Crippen molar-refractivity contribution in [2.75, 3.05) is 32.9 Å². The molecule has 2 N–H and O–H groups in total. The Kier molecular flexibility index (Phi) is 7.71. The molecule has 0 aliphatic heterocycles. The van der Waals surface area contributed by atoms with Crippen LogP contribution < -0.4 is 10.0 Å². The zero-order chi connectivity index (χ0) is 18.3. The van der Waals surface area contributed by atoms with E-state index in [9.17, 15) is 8.42 Å². The maximum Gasteiger partial charge on any atom is 0.213 e. The van der Waals surface area contributed by atoms with Gasteiger partial charge < -0.3 is 10.2 Å². The maximum atomic E-state index is 12.0. The standard InChI is InChI=1S/C17H27BrN4O2S/c1-19-17(22(2)13-15-6-8-16(18)9-7-15)20-10-11-25(23,24)21-12-14-4-3-5-14/h6-9,14,21H,3-5,10-13H2,1-2H3,(H,19,20). The molecule has 0 aromatic heterocycles. The summed E-state index contributed by atoms with van der Waals surface area (Å²) < 4.78 is 27.8. The second-order valence-electron chi connectivity index (χ2n) is 6.42. The number of nitrogens with zero attached hydrogens (tertiary/aromatic N) is 2. The Balaban J connectivity index is 1.75. The van der Waals surface area contributed by atoms with Gasteiger partial charge in [-0.2, -0.15) is 0 Å². The van der Waals surface area contributed by atoms with Gasteiger partial charge in [0.05, 0.1) is 5.75 Å². The van der Waals surface area contributed by atoms with Gasteiger partial charge >= 0.3 is 0 Å². The first-order valence-electron chi connectivity index (χ1n) is 8.53. The zero-order valence-corrected chi connectivity index (χ0v) is 17.2. The van der Waals surface area contributed by atoms with E-state index in [0.717, 1.165) is 22.9 Å². The summed E-state index contributed by atoms with van der Waals surface area (Å²) in [5.41, 5.74) is 1.16. The summed E-state index contributed by atoms with van der Waals surface area (Å²) >= 11 is 3.42. The number of aliphatic imine (C=N–C) groups is 1. The van der Waals surface area contributed by atoms with Gasteiger partial charge in [0.25, 0.3) is 0 Å². The molecule has 8 heteroatoms. The van der Waals surface area contributed by atoms with Crippen molar-refractivity contribution >= 4 is 31.9 Å². The van der Waals surface area contributed by atoms with Crippen LogP contribution in [0.4, 0.5) is 0 Å². The summed E-state index contributed by atoms with van der Waals surface area (Å²) in [6, 6.07) is 8.09. The van der Waals surface area contributed by atoms with Crippen LogP contribution in [0.25, 0.3) is 0 Å². The minimum absolute atomic E-state index is 0.0465. The number of nitrogens with one attached hydrogen (secondary N) is 2. The molecular formula is C17H27BrN4O2S. The molecule has 1 aliphatic carbocycles. The van der Waals surface area contributed by atoms with Crippen LogP contribution in [0.15, 0.2) is 33.7 Å². The lowest BCUT2D eigenvalue weighted by molar-refractivity contribution is 0.316. The van der Waals surface area contributed by atoms with Crippen LogP contribution in [0.3, 0.4) is 0 Å². The van der Waals surface area contributed by atoms with E-state index in [1.165, 1.54) is 6.42 Å². The molecule has 0 saturated heterocycles. The highest BCUT2D eigenvalue weighted by Crippen LogP contribution is 2.25. The number of guanidine groups is 1. The van der Waals surface area contributed by atoms with Crippen molar-refractivity contribution < 1.29 is 8.42 Å². The van der Waals surface area contributed by atoms with Gasteiger partial charge in [-0.15, -0.1) is 0 Å². The third-order valence-electron chi connectivity index (χ3n) is 4.38. The van der Waals surface area contributed by atoms with E-state index in [1.54, 1.807) is 7.05 Å². The highest BCUT2D eigenvalue weighted by Gasteiger charge is 2.20. The number of hydrogen-bond donors (Lipinski definition) is 2. The Morgan fingerprint density at radius 3 is 2.56 bits per heavy atom. The molecular weight excluding hydrogens is 404 g/mol. The van der Waals surface area contributed by atoms with Crippen LogP contribution in [0.1, 0.15) is 24.8 Å². The normalized spacial score (nSPS) is 15.7. The van der Waals surface area contributed by atoms with Crippen molar-refractivity contribution in [2.45, 2.75) is 25.8 Å². The van der Waals surface area contributed by atoms with Gasteiger partial charge in [-0.25, -0.2) is 13.1 Å². The first-order chi connectivity index (χ1) is 11.9. The number of hydrogen-bond acceptors (Lipinski definition) is 3. The van der Waals surface area contributed by atoms with Gasteiger partial charge in [0.15, 0.2) is 5.96 Å². The topological polar surface area (TPSA) is 73.8 Å². The molecule has 0 atom stereocenters. The molecule has 0 bridgehead atoms. The van der Waals surface area contributed by atoms with Crippen molar-refractivity contribution in [1.29, 1.82) is 0 Å². The summed E-state index contributed by atoms with van der Waals surface area (Å²) in [7, 11) is 0.392. The molecule has 0 heterocycles. The predicted octanol–water partition coefficient (Wildman–Crippen LogP) is 2.18. The summed E-state index contributed by atoms with van der Waals surface area (Å²) in [4.78, 5) is 6.19. The molecule has 1 fully saturated rings. The van der Waals surface area contributed by atoms with Crippen LogP contribution >= 0.6 is 15.9 Å². The number of halogens is 1. The van der Waals surface area contributed by atoms with Gasteiger partial charge in [0, 0.05) is 38.2 Å². The lowest BCUT2D eigenvalue weighted by Gasteiger charge is -2.25. The van der Waals surface area contributed by atoms with Crippen LogP contribution in [-0.2, 0) is 16.6 Å². The average Bonchev–Trinajstić information content (AvgIpc) is 2.52. The maximum absolute atomic E-state index is 12.0. The molecule has 1 aliphatic rings. The first kappa shape index (κ1) is 20.2. The summed E-state index contributed by atoms with van der Waals surface area (Å²) in [6.45, 7) is 1.59. The van der Waals surface area contributed by atoms with Crippen molar-refractivity contribution in [3.63, 3.8) is 0 Å². The molecule has 1 aromatic rings. The molecule has 140 valence electrons. The third kappa shape index (κ3) is 6.95. The molecule has 0 spiro atoms. The van der Waals surface area contributed by atoms with Gasteiger partial charge in [-0.05, 0) is 36.5 Å². The molecule has 6 nitrogen and oxygen atoms in total. The van der Waals surface area contributed by atoms with Crippen LogP contribution in [0.5, 0.6) is 0 Å². The van der Waals surface area contributed by atoms with E-state index >= 15 is 0 Å². The van der Waals surface area contributed by atoms with E-state index in [0.29, 0.717) is 31.5 Å². The zero-order valence-electron chi connectivity index (χ0n) is 14.8. The van der Waals surface area contributed by atoms with Crippen molar-refractivity contribution in [3.05, 3.63) is 34.3 Å². The Labute approximate surface area is 159 Å². The lowest BCUT2D eigenvalue weighted by atomic mass is 9.86. The fourth-order valence-electron chi connectivity index (χ4n) is 2.63. The van der Waals surface area contributed by atoms with Crippen molar-refractivity contribution in [3.8, 4) is 0 Å². The second-order valence-corrected chi connectivity index (χ2v) is 9.26. The fraction of sp³-hybridized carbons (Fsp3) is 0.588. The van der Waals surface area contributed by atoms with E-state index in [1.807, 2.05) is 36.2 Å². The van der Waals surface area contributed by atoms with Crippen LogP contribution in [0, 0.1) is 5.92 Å². The molecule has 0 radical (unpaired) electrons. The SMILES string of the molecule is CN=C(NCCS(=O)(=O)NCC1CCC1)N(C)Cc1ccc(Br)cc1. The second kappa shape index (κ2) is 9.54. The van der Waals surface area contributed by atoms with Gasteiger partial charge in [-0.3, -0.25) is 4.99 Å². The number of rotatable bonds is 8. The Morgan fingerprint density at radius 1 is 1.32 bits per heavy atom. The fourth-order valence-corrected chi connectivity index (χ4v) is 3.90. The minimum atomic E-state index is -3.24. The van der Waals surface area contributed by atoms with E-state index in [-0.39, 0.29) is 5.75 Å². The average molecular weight is 431 g/mol. The molecule has 1 aromatic carbocycles. The Morgan fingerprint density at radius 2 is 2.00 bits per heavy atom. The summed E-state index contributed by atoms with van der Waals surface area (Å²) in [6.07, 6.45) is 3.48. The summed E-state index contributed by atoms with van der Waals surface area (Å²) in [5, 5.41) is 3.12. The highest BCUT2D eigenvalue weighted by molar-refractivity contribution is 9.10. The van der Waals surface area contributed by atoms with Crippen molar-refractivity contribution in [2.24, 2.45) is 10.9 Å². The molecule has 2 rings (SSSR count). The van der Waals surface area contributed by atoms with Crippen LogP contribution in [-0.4, -0.2) is 52.2 Å². The lowest BCUT2D eigenvalue weighted by Crippen LogP contribution is -2.42. The van der Waals surface area contributed by atoms with Crippen molar-refractivity contribution in [1.82, 2.24) is 14.9 Å². The van der Waals surface area contributed by atoms with Crippen LogP contribution in [0.2, 0.25) is 0 Å². The Bertz CT molecular complexity index is 672.